The largest absolute Gasteiger partial charge is 0.352 e. The Labute approximate surface area is 153 Å². The molecule has 0 bridgehead atoms. The molecule has 0 unspecified atom stereocenters. The molecule has 0 saturated heterocycles. The lowest BCUT2D eigenvalue weighted by Gasteiger charge is -2.09. The van der Waals surface area contributed by atoms with Crippen molar-refractivity contribution in [3.05, 3.63) is 65.5 Å². The Hall–Kier alpha value is -2.25. The molecule has 2 N–H and O–H groups in total. The molecule has 7 heteroatoms. The summed E-state index contributed by atoms with van der Waals surface area (Å²) in [5.41, 5.74) is 0.734. The summed E-state index contributed by atoms with van der Waals surface area (Å²) in [6, 6.07) is 12.1. The van der Waals surface area contributed by atoms with Crippen LogP contribution in [0.1, 0.15) is 35.7 Å². The van der Waals surface area contributed by atoms with Gasteiger partial charge in [-0.05, 0) is 42.7 Å². The summed E-state index contributed by atoms with van der Waals surface area (Å²) in [4.78, 5) is 12.1. The second-order valence-corrected chi connectivity index (χ2v) is 7.64. The van der Waals surface area contributed by atoms with Gasteiger partial charge in [-0.1, -0.05) is 37.6 Å². The normalized spacial score (nSPS) is 11.3. The highest BCUT2D eigenvalue weighted by molar-refractivity contribution is 7.89. The minimum atomic E-state index is -3.78. The van der Waals surface area contributed by atoms with Crippen molar-refractivity contribution < 1.29 is 17.6 Å². The van der Waals surface area contributed by atoms with E-state index in [1.807, 2.05) is 6.92 Å². The van der Waals surface area contributed by atoms with Crippen LogP contribution in [0.15, 0.2) is 53.4 Å². The second kappa shape index (κ2) is 9.45. The second-order valence-electron chi connectivity index (χ2n) is 5.88. The van der Waals surface area contributed by atoms with Crippen LogP contribution in [-0.4, -0.2) is 27.4 Å². The molecule has 0 aliphatic rings. The fourth-order valence-electron chi connectivity index (χ4n) is 2.39. The minimum absolute atomic E-state index is 0.00850. The third kappa shape index (κ3) is 5.64. The summed E-state index contributed by atoms with van der Waals surface area (Å²) in [6.07, 6.45) is 2.06. The van der Waals surface area contributed by atoms with E-state index in [4.69, 9.17) is 0 Å². The molecular formula is C19H23FN2O3S. The SMILES string of the molecule is CCCCNC(=O)c1cccc(S(=O)(=O)NCCc2ccccc2F)c1. The van der Waals surface area contributed by atoms with Crippen molar-refractivity contribution in [2.75, 3.05) is 13.1 Å². The molecule has 0 radical (unpaired) electrons. The van der Waals surface area contributed by atoms with Crippen molar-refractivity contribution in [2.24, 2.45) is 0 Å². The van der Waals surface area contributed by atoms with Gasteiger partial charge >= 0.3 is 0 Å². The van der Waals surface area contributed by atoms with Crippen LogP contribution in [0, 0.1) is 5.82 Å². The van der Waals surface area contributed by atoms with Gasteiger partial charge in [-0.2, -0.15) is 0 Å². The molecule has 1 amide bonds. The zero-order valence-corrected chi connectivity index (χ0v) is 15.5. The van der Waals surface area contributed by atoms with Gasteiger partial charge in [0.1, 0.15) is 5.82 Å². The van der Waals surface area contributed by atoms with Gasteiger partial charge in [0.25, 0.3) is 5.91 Å². The first kappa shape index (κ1) is 20.1. The summed E-state index contributed by atoms with van der Waals surface area (Å²) in [5, 5.41) is 2.75. The number of hydrogen-bond acceptors (Lipinski definition) is 3. The first-order valence-corrected chi connectivity index (χ1v) is 10.0. The van der Waals surface area contributed by atoms with Crippen molar-refractivity contribution in [3.8, 4) is 0 Å². The summed E-state index contributed by atoms with van der Waals surface area (Å²) < 4.78 is 40.8. The molecule has 0 fully saturated rings. The molecule has 5 nitrogen and oxygen atoms in total. The highest BCUT2D eigenvalue weighted by Crippen LogP contribution is 2.12. The lowest BCUT2D eigenvalue weighted by atomic mass is 10.1. The van der Waals surface area contributed by atoms with E-state index in [1.54, 1.807) is 24.3 Å². The predicted molar refractivity (Wildman–Crippen MR) is 99.0 cm³/mol. The molecule has 140 valence electrons. The van der Waals surface area contributed by atoms with Gasteiger partial charge in [0, 0.05) is 18.7 Å². The number of rotatable bonds is 9. The Morgan fingerprint density at radius 3 is 2.58 bits per heavy atom. The molecule has 0 heterocycles. The highest BCUT2D eigenvalue weighted by Gasteiger charge is 2.16. The first-order valence-electron chi connectivity index (χ1n) is 8.55. The first-order chi connectivity index (χ1) is 12.4. The Kier molecular flexibility index (Phi) is 7.29. The Morgan fingerprint density at radius 1 is 1.08 bits per heavy atom. The van der Waals surface area contributed by atoms with Crippen molar-refractivity contribution >= 4 is 15.9 Å². The number of halogens is 1. The van der Waals surface area contributed by atoms with Crippen molar-refractivity contribution in [2.45, 2.75) is 31.1 Å². The number of amides is 1. The average molecular weight is 378 g/mol. The number of benzene rings is 2. The quantitative estimate of drug-likeness (QED) is 0.659. The van der Waals surface area contributed by atoms with Crippen LogP contribution in [0.25, 0.3) is 0 Å². The number of nitrogens with one attached hydrogen (secondary N) is 2. The molecule has 0 aromatic heterocycles. The molecule has 0 atom stereocenters. The van der Waals surface area contributed by atoms with Crippen molar-refractivity contribution in [3.63, 3.8) is 0 Å². The molecule has 0 spiro atoms. The lowest BCUT2D eigenvalue weighted by molar-refractivity contribution is 0.0953. The van der Waals surface area contributed by atoms with Crippen molar-refractivity contribution in [1.29, 1.82) is 0 Å². The van der Waals surface area contributed by atoms with E-state index in [0.717, 1.165) is 12.8 Å². The molecule has 2 rings (SSSR count). The number of sulfonamides is 1. The molecular weight excluding hydrogens is 355 g/mol. The summed E-state index contributed by atoms with van der Waals surface area (Å²) in [5.74, 6) is -0.667. The van der Waals surface area contributed by atoms with Crippen LogP contribution < -0.4 is 10.0 Å². The molecule has 2 aromatic rings. The van der Waals surface area contributed by atoms with E-state index in [9.17, 15) is 17.6 Å². The van der Waals surface area contributed by atoms with E-state index in [-0.39, 0.29) is 35.1 Å². The Bertz CT molecular complexity index is 853. The number of carbonyl (C=O) groups excluding carboxylic acids is 1. The van der Waals surface area contributed by atoms with Crippen LogP contribution >= 0.6 is 0 Å². The summed E-state index contributed by atoms with van der Waals surface area (Å²) >= 11 is 0. The maximum absolute atomic E-state index is 13.6. The zero-order valence-electron chi connectivity index (χ0n) is 14.7. The molecule has 0 aliphatic carbocycles. The maximum Gasteiger partial charge on any atom is 0.251 e. The molecule has 26 heavy (non-hydrogen) atoms. The smallest absolute Gasteiger partial charge is 0.251 e. The van der Waals surface area contributed by atoms with Gasteiger partial charge in [0.2, 0.25) is 10.0 Å². The monoisotopic (exact) mass is 378 g/mol. The third-order valence-electron chi connectivity index (χ3n) is 3.87. The van der Waals surface area contributed by atoms with Gasteiger partial charge in [-0.3, -0.25) is 4.79 Å². The summed E-state index contributed by atoms with van der Waals surface area (Å²) in [7, 11) is -3.78. The third-order valence-corrected chi connectivity index (χ3v) is 5.33. The van der Waals surface area contributed by atoms with Gasteiger partial charge < -0.3 is 5.32 Å². The van der Waals surface area contributed by atoms with Crippen LogP contribution in [0.3, 0.4) is 0 Å². The van der Waals surface area contributed by atoms with Gasteiger partial charge in [-0.15, -0.1) is 0 Å². The lowest BCUT2D eigenvalue weighted by Crippen LogP contribution is -2.27. The van der Waals surface area contributed by atoms with Gasteiger partial charge in [0.05, 0.1) is 4.90 Å². The standard InChI is InChI=1S/C19H23FN2O3S/c1-2-3-12-21-19(23)16-8-6-9-17(14-16)26(24,25)22-13-11-15-7-4-5-10-18(15)20/h4-10,14,22H,2-3,11-13H2,1H3,(H,21,23). The number of carbonyl (C=O) groups is 1. The fraction of sp³-hybridized carbons (Fsp3) is 0.316. The minimum Gasteiger partial charge on any atom is -0.352 e. The Morgan fingerprint density at radius 2 is 1.85 bits per heavy atom. The van der Waals surface area contributed by atoms with E-state index in [1.165, 1.54) is 24.3 Å². The summed E-state index contributed by atoms with van der Waals surface area (Å²) in [6.45, 7) is 2.63. The van der Waals surface area contributed by atoms with Crippen LogP contribution in [0.4, 0.5) is 4.39 Å². The van der Waals surface area contributed by atoms with E-state index in [0.29, 0.717) is 12.1 Å². The number of unbranched alkanes of at least 4 members (excludes halogenated alkanes) is 1. The van der Waals surface area contributed by atoms with E-state index in [2.05, 4.69) is 10.0 Å². The molecule has 2 aromatic carbocycles. The topological polar surface area (TPSA) is 75.3 Å². The fourth-order valence-corrected chi connectivity index (χ4v) is 3.47. The van der Waals surface area contributed by atoms with Crippen LogP contribution in [0.5, 0.6) is 0 Å². The predicted octanol–water partition coefficient (Wildman–Crippen LogP) is 2.88. The average Bonchev–Trinajstić information content (AvgIpc) is 2.63. The highest BCUT2D eigenvalue weighted by atomic mass is 32.2. The number of hydrogen-bond donors (Lipinski definition) is 2. The van der Waals surface area contributed by atoms with Crippen LogP contribution in [0.2, 0.25) is 0 Å². The van der Waals surface area contributed by atoms with Gasteiger partial charge in [0.15, 0.2) is 0 Å². The molecule has 0 saturated carbocycles. The zero-order chi connectivity index (χ0) is 19.0. The van der Waals surface area contributed by atoms with Gasteiger partial charge in [-0.25, -0.2) is 17.5 Å². The molecule has 0 aliphatic heterocycles. The van der Waals surface area contributed by atoms with E-state index >= 15 is 0 Å². The maximum atomic E-state index is 13.6. The van der Waals surface area contributed by atoms with Crippen LogP contribution in [-0.2, 0) is 16.4 Å². The van der Waals surface area contributed by atoms with E-state index < -0.39 is 10.0 Å². The Balaban J connectivity index is 2.01. The van der Waals surface area contributed by atoms with Crippen molar-refractivity contribution in [1.82, 2.24) is 10.0 Å².